The highest BCUT2D eigenvalue weighted by Crippen LogP contribution is 2.33. The van der Waals surface area contributed by atoms with Crippen LogP contribution in [0.1, 0.15) is 29.2 Å². The maximum Gasteiger partial charge on any atom is 0.0535 e. The van der Waals surface area contributed by atoms with E-state index in [1.54, 1.807) is 0 Å². The standard InChI is InChI=1S/C16H22N4/c1-12-14(11-18-19-12)10-17-9-13-7-8-20(2)16-6-4-3-5-15(13)16/h3-6,11,13,17H,7-10H2,1-2H3,(H,18,19)/t13-/m0/s1. The number of aromatic nitrogens is 2. The van der Waals surface area contributed by atoms with Crippen LogP contribution in [0.25, 0.3) is 0 Å². The Labute approximate surface area is 120 Å². The fraction of sp³-hybridized carbons (Fsp3) is 0.438. The van der Waals surface area contributed by atoms with Gasteiger partial charge in [0, 0.05) is 49.5 Å². The molecule has 0 bridgehead atoms. The summed E-state index contributed by atoms with van der Waals surface area (Å²) in [5.74, 6) is 0.606. The van der Waals surface area contributed by atoms with Gasteiger partial charge in [0.2, 0.25) is 0 Å². The summed E-state index contributed by atoms with van der Waals surface area (Å²) in [6.45, 7) is 5.11. The highest BCUT2D eigenvalue weighted by Gasteiger charge is 2.22. The quantitative estimate of drug-likeness (QED) is 0.897. The molecule has 3 rings (SSSR count). The van der Waals surface area contributed by atoms with E-state index >= 15 is 0 Å². The second kappa shape index (κ2) is 5.67. The summed E-state index contributed by atoms with van der Waals surface area (Å²) in [6, 6.07) is 8.76. The molecule has 0 saturated heterocycles. The van der Waals surface area contributed by atoms with Crippen LogP contribution in [-0.2, 0) is 6.54 Å². The average molecular weight is 270 g/mol. The van der Waals surface area contributed by atoms with Crippen molar-refractivity contribution in [2.45, 2.75) is 25.8 Å². The summed E-state index contributed by atoms with van der Waals surface area (Å²) in [4.78, 5) is 2.35. The van der Waals surface area contributed by atoms with Gasteiger partial charge < -0.3 is 10.2 Å². The molecule has 1 atom stereocenters. The SMILES string of the molecule is Cc1[nH]ncc1CNC[C@@H]1CCN(C)c2ccccc21. The monoisotopic (exact) mass is 270 g/mol. The number of fused-ring (bicyclic) bond motifs is 1. The van der Waals surface area contributed by atoms with Crippen molar-refractivity contribution < 1.29 is 0 Å². The number of nitrogens with zero attached hydrogens (tertiary/aromatic N) is 2. The van der Waals surface area contributed by atoms with Crippen molar-refractivity contribution in [2.75, 3.05) is 25.0 Å². The highest BCUT2D eigenvalue weighted by atomic mass is 15.1. The van der Waals surface area contributed by atoms with Gasteiger partial charge in [-0.15, -0.1) is 0 Å². The van der Waals surface area contributed by atoms with Gasteiger partial charge in [0.15, 0.2) is 0 Å². The highest BCUT2D eigenvalue weighted by molar-refractivity contribution is 5.56. The Morgan fingerprint density at radius 1 is 1.40 bits per heavy atom. The van der Waals surface area contributed by atoms with Crippen LogP contribution in [0.5, 0.6) is 0 Å². The van der Waals surface area contributed by atoms with Crippen molar-refractivity contribution >= 4 is 5.69 Å². The minimum absolute atomic E-state index is 0.606. The van der Waals surface area contributed by atoms with Gasteiger partial charge in [-0.25, -0.2) is 0 Å². The van der Waals surface area contributed by atoms with Gasteiger partial charge in [-0.1, -0.05) is 18.2 Å². The molecule has 0 amide bonds. The zero-order valence-electron chi connectivity index (χ0n) is 12.2. The van der Waals surface area contributed by atoms with Crippen LogP contribution in [0.4, 0.5) is 5.69 Å². The van der Waals surface area contributed by atoms with Gasteiger partial charge in [-0.3, -0.25) is 5.10 Å². The molecule has 2 N–H and O–H groups in total. The fourth-order valence-corrected chi connectivity index (χ4v) is 2.95. The van der Waals surface area contributed by atoms with Crippen LogP contribution in [0.15, 0.2) is 30.5 Å². The molecule has 0 radical (unpaired) electrons. The zero-order valence-corrected chi connectivity index (χ0v) is 12.2. The van der Waals surface area contributed by atoms with Gasteiger partial charge >= 0.3 is 0 Å². The Kier molecular flexibility index (Phi) is 3.74. The van der Waals surface area contributed by atoms with Crippen LogP contribution >= 0.6 is 0 Å². The number of para-hydroxylation sites is 1. The number of hydrogen-bond donors (Lipinski definition) is 2. The second-order valence-electron chi connectivity index (χ2n) is 5.62. The molecule has 20 heavy (non-hydrogen) atoms. The van der Waals surface area contributed by atoms with E-state index < -0.39 is 0 Å². The van der Waals surface area contributed by atoms with Crippen molar-refractivity contribution in [3.05, 3.63) is 47.3 Å². The molecule has 106 valence electrons. The van der Waals surface area contributed by atoms with Crippen molar-refractivity contribution in [1.29, 1.82) is 0 Å². The number of anilines is 1. The smallest absolute Gasteiger partial charge is 0.0535 e. The molecule has 1 aromatic carbocycles. The lowest BCUT2D eigenvalue weighted by atomic mass is 9.90. The van der Waals surface area contributed by atoms with Crippen molar-refractivity contribution in [2.24, 2.45) is 0 Å². The Hall–Kier alpha value is -1.81. The Bertz CT molecular complexity index is 575. The van der Waals surface area contributed by atoms with Gasteiger partial charge in [0.25, 0.3) is 0 Å². The normalized spacial score (nSPS) is 18.1. The first-order valence-electron chi connectivity index (χ1n) is 7.25. The lowest BCUT2D eigenvalue weighted by molar-refractivity contribution is 0.533. The van der Waals surface area contributed by atoms with Gasteiger partial charge in [0.1, 0.15) is 0 Å². The van der Waals surface area contributed by atoms with E-state index in [9.17, 15) is 0 Å². The minimum atomic E-state index is 0.606. The van der Waals surface area contributed by atoms with E-state index in [-0.39, 0.29) is 0 Å². The average Bonchev–Trinajstić information content (AvgIpc) is 2.87. The van der Waals surface area contributed by atoms with Crippen molar-refractivity contribution in [3.8, 4) is 0 Å². The predicted octanol–water partition coefficient (Wildman–Crippen LogP) is 2.43. The zero-order chi connectivity index (χ0) is 13.9. The minimum Gasteiger partial charge on any atom is -0.374 e. The summed E-state index contributed by atoms with van der Waals surface area (Å²) in [5.41, 5.74) is 5.26. The first kappa shape index (κ1) is 13.2. The van der Waals surface area contributed by atoms with E-state index in [2.05, 4.69) is 58.7 Å². The molecule has 4 heteroatoms. The Balaban J connectivity index is 1.64. The maximum atomic E-state index is 4.06. The van der Waals surface area contributed by atoms with Crippen molar-refractivity contribution in [3.63, 3.8) is 0 Å². The number of benzene rings is 1. The molecule has 0 spiro atoms. The number of aromatic amines is 1. The number of aryl methyl sites for hydroxylation is 1. The van der Waals surface area contributed by atoms with Crippen LogP contribution in [0.2, 0.25) is 0 Å². The number of rotatable bonds is 4. The molecule has 1 aliphatic rings. The molecule has 0 saturated carbocycles. The molecule has 2 aromatic rings. The predicted molar refractivity (Wildman–Crippen MR) is 82.1 cm³/mol. The number of H-pyrrole nitrogens is 1. The lowest BCUT2D eigenvalue weighted by Crippen LogP contribution is -2.31. The topological polar surface area (TPSA) is 44.0 Å². The van der Waals surface area contributed by atoms with Gasteiger partial charge in [0.05, 0.1) is 6.20 Å². The summed E-state index contributed by atoms with van der Waals surface area (Å²) in [6.07, 6.45) is 3.12. The van der Waals surface area contributed by atoms with Crippen LogP contribution in [0, 0.1) is 6.92 Å². The lowest BCUT2D eigenvalue weighted by Gasteiger charge is -2.33. The van der Waals surface area contributed by atoms with Gasteiger partial charge in [-0.05, 0) is 25.0 Å². The van der Waals surface area contributed by atoms with Crippen LogP contribution < -0.4 is 10.2 Å². The molecule has 2 heterocycles. The molecule has 4 nitrogen and oxygen atoms in total. The third-order valence-electron chi connectivity index (χ3n) is 4.24. The maximum absolute atomic E-state index is 4.06. The largest absolute Gasteiger partial charge is 0.374 e. The second-order valence-corrected chi connectivity index (χ2v) is 5.62. The first-order chi connectivity index (χ1) is 9.75. The van der Waals surface area contributed by atoms with Crippen LogP contribution in [-0.4, -0.2) is 30.3 Å². The molecule has 0 unspecified atom stereocenters. The summed E-state index contributed by atoms with van der Waals surface area (Å²) < 4.78 is 0. The third-order valence-corrected chi connectivity index (χ3v) is 4.24. The molecule has 1 aromatic heterocycles. The Morgan fingerprint density at radius 2 is 2.25 bits per heavy atom. The van der Waals surface area contributed by atoms with Crippen molar-refractivity contribution in [1.82, 2.24) is 15.5 Å². The molecular weight excluding hydrogens is 248 g/mol. The first-order valence-corrected chi connectivity index (χ1v) is 7.25. The molecule has 1 aliphatic heterocycles. The van der Waals surface area contributed by atoms with E-state index in [0.29, 0.717) is 5.92 Å². The fourth-order valence-electron chi connectivity index (χ4n) is 2.95. The molecular formula is C16H22N4. The molecule has 0 aliphatic carbocycles. The molecule has 0 fully saturated rings. The van der Waals surface area contributed by atoms with E-state index in [1.807, 2.05) is 6.20 Å². The summed E-state index contributed by atoms with van der Waals surface area (Å²) >= 11 is 0. The van der Waals surface area contributed by atoms with E-state index in [1.165, 1.54) is 23.2 Å². The van der Waals surface area contributed by atoms with E-state index in [4.69, 9.17) is 0 Å². The number of nitrogens with one attached hydrogen (secondary N) is 2. The van der Waals surface area contributed by atoms with Crippen LogP contribution in [0.3, 0.4) is 0 Å². The summed E-state index contributed by atoms with van der Waals surface area (Å²) in [5, 5.41) is 10.6. The van der Waals surface area contributed by atoms with Gasteiger partial charge in [-0.2, -0.15) is 5.10 Å². The Morgan fingerprint density at radius 3 is 3.05 bits per heavy atom. The van der Waals surface area contributed by atoms with E-state index in [0.717, 1.165) is 25.3 Å². The summed E-state index contributed by atoms with van der Waals surface area (Å²) in [7, 11) is 2.18. The third kappa shape index (κ3) is 2.56. The number of hydrogen-bond acceptors (Lipinski definition) is 3.